The molecule has 0 aliphatic rings. The van der Waals surface area contributed by atoms with Crippen molar-refractivity contribution in [3.63, 3.8) is 0 Å². The van der Waals surface area contributed by atoms with Crippen molar-refractivity contribution in [2.24, 2.45) is 5.73 Å². The smallest absolute Gasteiger partial charge is 0.251 e. The highest BCUT2D eigenvalue weighted by Gasteiger charge is 2.24. The summed E-state index contributed by atoms with van der Waals surface area (Å²) in [6, 6.07) is 19.4. The second-order valence-electron chi connectivity index (χ2n) is 8.48. The van der Waals surface area contributed by atoms with E-state index in [4.69, 9.17) is 15.2 Å². The first-order valence-electron chi connectivity index (χ1n) is 12.1. The minimum atomic E-state index is -0.589. The zero-order valence-corrected chi connectivity index (χ0v) is 21.3. The summed E-state index contributed by atoms with van der Waals surface area (Å²) in [5.74, 6) is -0.401. The predicted molar refractivity (Wildman–Crippen MR) is 145 cm³/mol. The molecular formula is C30H32N2O5. The maximum absolute atomic E-state index is 13.3. The fourth-order valence-electron chi connectivity index (χ4n) is 4.18. The van der Waals surface area contributed by atoms with Gasteiger partial charge in [0.05, 0.1) is 20.8 Å². The third kappa shape index (κ3) is 6.85. The normalized spacial score (nSPS) is 11.6. The molecule has 1 atom stereocenters. The fourth-order valence-corrected chi connectivity index (χ4v) is 4.18. The summed E-state index contributed by atoms with van der Waals surface area (Å²) in [5, 5.41) is 2.72. The van der Waals surface area contributed by atoms with Crippen molar-refractivity contribution in [1.82, 2.24) is 5.32 Å². The van der Waals surface area contributed by atoms with Crippen molar-refractivity contribution >= 4 is 29.7 Å². The molecule has 0 aliphatic heterocycles. The molecule has 0 saturated heterocycles. The van der Waals surface area contributed by atoms with Crippen LogP contribution in [-0.4, -0.2) is 38.4 Å². The molecule has 0 fully saturated rings. The molecule has 37 heavy (non-hydrogen) atoms. The van der Waals surface area contributed by atoms with Crippen molar-refractivity contribution in [3.05, 3.63) is 94.5 Å². The predicted octanol–water partition coefficient (Wildman–Crippen LogP) is 4.86. The second-order valence-corrected chi connectivity index (χ2v) is 8.48. The number of hydrogen-bond donors (Lipinski definition) is 2. The number of primary amides is 1. The van der Waals surface area contributed by atoms with Gasteiger partial charge in [0.15, 0.2) is 17.3 Å². The average Bonchev–Trinajstić information content (AvgIpc) is 2.93. The van der Waals surface area contributed by atoms with E-state index in [1.165, 1.54) is 0 Å². The molecule has 7 nitrogen and oxygen atoms in total. The van der Waals surface area contributed by atoms with Gasteiger partial charge >= 0.3 is 0 Å². The largest absolute Gasteiger partial charge is 0.493 e. The molecule has 0 radical (unpaired) electrons. The molecule has 7 heteroatoms. The molecule has 0 spiro atoms. The summed E-state index contributed by atoms with van der Waals surface area (Å²) in [6.45, 7) is 1.86. The molecule has 0 bridgehead atoms. The van der Waals surface area contributed by atoms with Crippen LogP contribution in [0.1, 0.15) is 63.1 Å². The Morgan fingerprint density at radius 1 is 0.919 bits per heavy atom. The Hall–Kier alpha value is -4.39. The van der Waals surface area contributed by atoms with Crippen LogP contribution >= 0.6 is 0 Å². The standard InChI is InChI=1S/C30H32N2O5/c1-4-9-24(26(33)19-32-30(35)21-10-6-5-7-11-21)22-12-8-13-25(29(31)34)23(22)16-14-20-15-17-27(36-2)28(18-20)37-3/h5-8,10-18,24H,4,9,19H2,1-3H3,(H2,31,34)(H,32,35). The zero-order valence-electron chi connectivity index (χ0n) is 21.3. The van der Waals surface area contributed by atoms with Crippen LogP contribution in [0.15, 0.2) is 66.7 Å². The zero-order chi connectivity index (χ0) is 26.8. The Morgan fingerprint density at radius 2 is 1.65 bits per heavy atom. The monoisotopic (exact) mass is 500 g/mol. The van der Waals surface area contributed by atoms with E-state index < -0.39 is 11.8 Å². The lowest BCUT2D eigenvalue weighted by Crippen LogP contribution is -2.32. The third-order valence-corrected chi connectivity index (χ3v) is 6.06. The molecule has 3 rings (SSSR count). The van der Waals surface area contributed by atoms with Gasteiger partial charge in [-0.2, -0.15) is 0 Å². The van der Waals surface area contributed by atoms with Gasteiger partial charge in [-0.25, -0.2) is 0 Å². The van der Waals surface area contributed by atoms with E-state index in [1.54, 1.807) is 62.8 Å². The highest BCUT2D eigenvalue weighted by atomic mass is 16.5. The molecule has 3 N–H and O–H groups in total. The van der Waals surface area contributed by atoms with Gasteiger partial charge in [-0.1, -0.05) is 61.9 Å². The first-order valence-corrected chi connectivity index (χ1v) is 12.1. The van der Waals surface area contributed by atoms with Gasteiger partial charge in [-0.05, 0) is 53.4 Å². The van der Waals surface area contributed by atoms with Gasteiger partial charge in [0.25, 0.3) is 5.91 Å². The van der Waals surface area contributed by atoms with Gasteiger partial charge in [-0.15, -0.1) is 0 Å². The lowest BCUT2D eigenvalue weighted by Gasteiger charge is -2.20. The van der Waals surface area contributed by atoms with Crippen molar-refractivity contribution in [3.8, 4) is 11.5 Å². The number of rotatable bonds is 12. The first kappa shape index (κ1) is 27.2. The maximum atomic E-state index is 13.3. The quantitative estimate of drug-likeness (QED) is 0.346. The number of benzene rings is 3. The van der Waals surface area contributed by atoms with Gasteiger partial charge < -0.3 is 20.5 Å². The summed E-state index contributed by atoms with van der Waals surface area (Å²) >= 11 is 0. The van der Waals surface area contributed by atoms with Crippen molar-refractivity contribution in [2.75, 3.05) is 20.8 Å². The lowest BCUT2D eigenvalue weighted by atomic mass is 9.84. The van der Waals surface area contributed by atoms with Crippen molar-refractivity contribution in [1.29, 1.82) is 0 Å². The number of ketones is 1. The number of carbonyl (C=O) groups excluding carboxylic acids is 3. The van der Waals surface area contributed by atoms with E-state index in [2.05, 4.69) is 5.32 Å². The van der Waals surface area contributed by atoms with Crippen LogP contribution in [-0.2, 0) is 4.79 Å². The van der Waals surface area contributed by atoms with Gasteiger partial charge in [0, 0.05) is 17.0 Å². The van der Waals surface area contributed by atoms with Gasteiger partial charge in [-0.3, -0.25) is 14.4 Å². The van der Waals surface area contributed by atoms with Crippen LogP contribution in [0, 0.1) is 0 Å². The van der Waals surface area contributed by atoms with Crippen LogP contribution in [0.3, 0.4) is 0 Å². The number of methoxy groups -OCH3 is 2. The Balaban J connectivity index is 1.94. The summed E-state index contributed by atoms with van der Waals surface area (Å²) in [7, 11) is 3.12. The van der Waals surface area contributed by atoms with E-state index in [-0.39, 0.29) is 18.2 Å². The Labute approximate surface area is 217 Å². The molecular weight excluding hydrogens is 468 g/mol. The summed E-state index contributed by atoms with van der Waals surface area (Å²) in [5.41, 5.74) is 8.58. The van der Waals surface area contributed by atoms with E-state index in [0.29, 0.717) is 40.2 Å². The van der Waals surface area contributed by atoms with Gasteiger partial charge in [0.1, 0.15) is 0 Å². The fraction of sp³-hybridized carbons (Fsp3) is 0.233. The van der Waals surface area contributed by atoms with Crippen LogP contribution < -0.4 is 20.5 Å². The minimum absolute atomic E-state index is 0.127. The number of Topliss-reactive ketones (excluding diaryl/α,β-unsaturated/α-hetero) is 1. The summed E-state index contributed by atoms with van der Waals surface area (Å²) < 4.78 is 10.7. The molecule has 192 valence electrons. The van der Waals surface area contributed by atoms with Crippen LogP contribution in [0.4, 0.5) is 0 Å². The molecule has 0 saturated carbocycles. The second kappa shape index (κ2) is 13.1. The lowest BCUT2D eigenvalue weighted by molar-refractivity contribution is -0.119. The third-order valence-electron chi connectivity index (χ3n) is 6.06. The number of carbonyl (C=O) groups is 3. The van der Waals surface area contributed by atoms with E-state index in [9.17, 15) is 14.4 Å². The molecule has 0 aromatic heterocycles. The van der Waals surface area contributed by atoms with E-state index in [1.807, 2.05) is 37.3 Å². The molecule has 0 aliphatic carbocycles. The minimum Gasteiger partial charge on any atom is -0.493 e. The molecule has 1 unspecified atom stereocenters. The number of nitrogens with two attached hydrogens (primary N) is 1. The maximum Gasteiger partial charge on any atom is 0.251 e. The molecule has 2 amide bonds. The highest BCUT2D eigenvalue weighted by molar-refractivity contribution is 6.01. The Kier molecular flexibility index (Phi) is 9.61. The molecule has 3 aromatic rings. The van der Waals surface area contributed by atoms with Crippen LogP contribution in [0.25, 0.3) is 12.2 Å². The van der Waals surface area contributed by atoms with Crippen molar-refractivity contribution < 1.29 is 23.9 Å². The van der Waals surface area contributed by atoms with Gasteiger partial charge in [0.2, 0.25) is 5.91 Å². The number of amides is 2. The number of nitrogens with one attached hydrogen (secondary N) is 1. The van der Waals surface area contributed by atoms with E-state index >= 15 is 0 Å². The molecule has 0 heterocycles. The Morgan fingerprint density at radius 3 is 2.30 bits per heavy atom. The van der Waals surface area contributed by atoms with E-state index in [0.717, 1.165) is 12.0 Å². The number of hydrogen-bond acceptors (Lipinski definition) is 5. The van der Waals surface area contributed by atoms with Crippen molar-refractivity contribution in [2.45, 2.75) is 25.7 Å². The summed E-state index contributed by atoms with van der Waals surface area (Å²) in [6.07, 6.45) is 4.91. The number of ether oxygens (including phenoxy) is 2. The average molecular weight is 501 g/mol. The van der Waals surface area contributed by atoms with Crippen LogP contribution in [0.2, 0.25) is 0 Å². The Bertz CT molecular complexity index is 1280. The highest BCUT2D eigenvalue weighted by Crippen LogP contribution is 2.31. The topological polar surface area (TPSA) is 108 Å². The molecule has 3 aromatic carbocycles. The summed E-state index contributed by atoms with van der Waals surface area (Å²) in [4.78, 5) is 38.1. The SMILES string of the molecule is CCCC(C(=O)CNC(=O)c1ccccc1)c1cccc(C(N)=O)c1C=Cc1ccc(OC)c(OC)c1. The van der Waals surface area contributed by atoms with Crippen LogP contribution in [0.5, 0.6) is 11.5 Å². The first-order chi connectivity index (χ1) is 17.9.